The highest BCUT2D eigenvalue weighted by Crippen LogP contribution is 2.38. The van der Waals surface area contributed by atoms with E-state index in [0.717, 1.165) is 6.07 Å². The summed E-state index contributed by atoms with van der Waals surface area (Å²) in [6, 6.07) is 0.984. The topological polar surface area (TPSA) is 121 Å². The molecular formula is C22H25ClN2O7. The smallest absolute Gasteiger partial charge is 0.342 e. The van der Waals surface area contributed by atoms with Crippen LogP contribution in [0.5, 0.6) is 11.5 Å². The van der Waals surface area contributed by atoms with Crippen LogP contribution in [0.15, 0.2) is 35.5 Å². The number of amides is 1. The van der Waals surface area contributed by atoms with E-state index in [4.69, 9.17) is 25.9 Å². The Morgan fingerprint density at radius 2 is 2.06 bits per heavy atom. The highest BCUT2D eigenvalue weighted by atomic mass is 35.5. The van der Waals surface area contributed by atoms with Crippen LogP contribution >= 0.6 is 11.6 Å². The van der Waals surface area contributed by atoms with Crippen molar-refractivity contribution in [2.24, 2.45) is 5.16 Å². The number of oxime groups is 1. The first-order valence-corrected chi connectivity index (χ1v) is 10.4. The summed E-state index contributed by atoms with van der Waals surface area (Å²) in [4.78, 5) is 31.1. The largest absolute Gasteiger partial charge is 0.507 e. The summed E-state index contributed by atoms with van der Waals surface area (Å²) in [5.41, 5.74) is 0.236. The third kappa shape index (κ3) is 5.80. The van der Waals surface area contributed by atoms with Gasteiger partial charge in [-0.1, -0.05) is 35.0 Å². The fourth-order valence-corrected chi connectivity index (χ4v) is 3.37. The average molecular weight is 465 g/mol. The Morgan fingerprint density at radius 1 is 1.31 bits per heavy atom. The fraction of sp³-hybridized carbons (Fsp3) is 0.409. The number of aromatic hydroxyl groups is 2. The predicted octanol–water partition coefficient (Wildman–Crippen LogP) is 2.58. The Hall–Kier alpha value is -3.04. The molecule has 1 amide bonds. The number of nitrogens with zero attached hydrogens (tertiary/aromatic N) is 2. The Kier molecular flexibility index (Phi) is 7.42. The number of carbonyl (C=O) groups is 2. The molecule has 3 rings (SSSR count). The molecule has 2 N–H and O–H groups in total. The minimum atomic E-state index is -0.788. The maximum atomic E-state index is 12.9. The van der Waals surface area contributed by atoms with Crippen molar-refractivity contribution in [1.82, 2.24) is 4.90 Å². The van der Waals surface area contributed by atoms with E-state index in [-0.39, 0.29) is 47.3 Å². The third-order valence-corrected chi connectivity index (χ3v) is 5.37. The molecule has 1 aromatic rings. The second kappa shape index (κ2) is 10.1. The number of fused-ring (bicyclic) bond motifs is 2. The summed E-state index contributed by atoms with van der Waals surface area (Å²) in [7, 11) is 3.18. The zero-order valence-corrected chi connectivity index (χ0v) is 18.7. The number of rotatable bonds is 3. The first kappa shape index (κ1) is 23.6. The number of halogens is 1. The molecule has 2 aliphatic heterocycles. The van der Waals surface area contributed by atoms with Gasteiger partial charge in [0.15, 0.2) is 6.61 Å². The van der Waals surface area contributed by atoms with Crippen LogP contribution in [0.1, 0.15) is 29.3 Å². The van der Waals surface area contributed by atoms with Crippen LogP contribution in [0.2, 0.25) is 5.02 Å². The number of phenolic OH excluding ortho intramolecular Hbond substituents is 2. The molecule has 1 aromatic carbocycles. The summed E-state index contributed by atoms with van der Waals surface area (Å²) in [5.74, 6) is -1.95. The molecule has 0 saturated carbocycles. The van der Waals surface area contributed by atoms with Gasteiger partial charge in [0, 0.05) is 33.0 Å². The minimum Gasteiger partial charge on any atom is -0.507 e. The maximum Gasteiger partial charge on any atom is 0.342 e. The molecule has 3 atom stereocenters. The molecule has 172 valence electrons. The zero-order valence-electron chi connectivity index (χ0n) is 17.9. The van der Waals surface area contributed by atoms with Gasteiger partial charge in [-0.2, -0.15) is 0 Å². The van der Waals surface area contributed by atoms with Crippen molar-refractivity contribution in [1.29, 1.82) is 0 Å². The van der Waals surface area contributed by atoms with E-state index in [1.165, 1.54) is 4.90 Å². The molecule has 2 heterocycles. The van der Waals surface area contributed by atoms with Gasteiger partial charge in [0.2, 0.25) is 0 Å². The number of likely N-dealkylation sites (N-methyl/N-ethyl adjacent to an activating group) is 1. The lowest BCUT2D eigenvalue weighted by Crippen LogP contribution is -2.25. The van der Waals surface area contributed by atoms with Crippen molar-refractivity contribution in [3.8, 4) is 11.5 Å². The maximum absolute atomic E-state index is 12.9. The van der Waals surface area contributed by atoms with Gasteiger partial charge in [0.1, 0.15) is 29.3 Å². The monoisotopic (exact) mass is 464 g/mol. The van der Waals surface area contributed by atoms with Crippen LogP contribution in [-0.4, -0.2) is 71.7 Å². The van der Waals surface area contributed by atoms with Gasteiger partial charge in [-0.25, -0.2) is 4.79 Å². The number of hydrogen-bond acceptors (Lipinski definition) is 8. The number of carbonyl (C=O) groups excluding carboxylic acids is 2. The van der Waals surface area contributed by atoms with E-state index in [2.05, 4.69) is 5.16 Å². The molecule has 1 saturated heterocycles. The molecule has 1 fully saturated rings. The lowest BCUT2D eigenvalue weighted by atomic mass is 9.99. The SMILES string of the molecule is C[C@@H]1C[C@@H]2O[C@@H]2/C=C/C=C/C(=N\OCC(=O)N(C)C)Cc2c(Cl)c(O)cc(O)c2C(=O)O1. The quantitative estimate of drug-likeness (QED) is 0.400. The molecule has 2 aliphatic rings. The van der Waals surface area contributed by atoms with Crippen LogP contribution in [0.25, 0.3) is 0 Å². The van der Waals surface area contributed by atoms with E-state index < -0.39 is 23.6 Å². The van der Waals surface area contributed by atoms with E-state index >= 15 is 0 Å². The van der Waals surface area contributed by atoms with Crippen LogP contribution in [-0.2, 0) is 25.5 Å². The minimum absolute atomic E-state index is 0.0737. The summed E-state index contributed by atoms with van der Waals surface area (Å²) in [6.45, 7) is 1.44. The molecule has 0 unspecified atom stereocenters. The fourth-order valence-electron chi connectivity index (χ4n) is 3.15. The van der Waals surface area contributed by atoms with Crippen molar-refractivity contribution in [3.05, 3.63) is 46.5 Å². The highest BCUT2D eigenvalue weighted by Gasteiger charge is 2.38. The summed E-state index contributed by atoms with van der Waals surface area (Å²) < 4.78 is 11.0. The molecule has 0 radical (unpaired) electrons. The average Bonchev–Trinajstić information content (AvgIpc) is 3.45. The molecule has 9 nitrogen and oxygen atoms in total. The van der Waals surface area contributed by atoms with E-state index in [0.29, 0.717) is 12.1 Å². The number of benzene rings is 1. The Labute approximate surface area is 190 Å². The molecule has 0 aromatic heterocycles. The van der Waals surface area contributed by atoms with Gasteiger partial charge in [-0.15, -0.1) is 0 Å². The summed E-state index contributed by atoms with van der Waals surface area (Å²) in [5, 5.41) is 24.3. The summed E-state index contributed by atoms with van der Waals surface area (Å²) in [6.07, 6.45) is 6.76. The second-order valence-corrected chi connectivity index (χ2v) is 8.12. The molecule has 0 bridgehead atoms. The molecular weight excluding hydrogens is 440 g/mol. The van der Waals surface area contributed by atoms with Crippen LogP contribution in [0.4, 0.5) is 0 Å². The normalized spacial score (nSPS) is 26.2. The number of ether oxygens (including phenoxy) is 2. The number of epoxide rings is 1. The lowest BCUT2D eigenvalue weighted by Gasteiger charge is -2.17. The Balaban J connectivity index is 1.99. The zero-order chi connectivity index (χ0) is 23.4. The Bertz CT molecular complexity index is 987. The molecule has 0 aliphatic carbocycles. The van der Waals surface area contributed by atoms with Gasteiger partial charge in [0.05, 0.1) is 16.8 Å². The second-order valence-electron chi connectivity index (χ2n) is 7.74. The van der Waals surface area contributed by atoms with Crippen LogP contribution in [0, 0.1) is 0 Å². The third-order valence-electron chi connectivity index (χ3n) is 4.95. The van der Waals surface area contributed by atoms with Gasteiger partial charge in [-0.05, 0) is 18.6 Å². The highest BCUT2D eigenvalue weighted by molar-refractivity contribution is 6.33. The van der Waals surface area contributed by atoms with Crippen molar-refractivity contribution in [2.45, 2.75) is 38.1 Å². The number of esters is 1. The first-order chi connectivity index (χ1) is 15.2. The first-order valence-electron chi connectivity index (χ1n) is 10.0. The number of cyclic esters (lactones) is 1. The number of hydrogen-bond donors (Lipinski definition) is 2. The van der Waals surface area contributed by atoms with E-state index in [1.54, 1.807) is 39.2 Å². The van der Waals surface area contributed by atoms with Crippen LogP contribution in [0.3, 0.4) is 0 Å². The van der Waals surface area contributed by atoms with Crippen molar-refractivity contribution in [3.63, 3.8) is 0 Å². The van der Waals surface area contributed by atoms with Crippen molar-refractivity contribution < 1.29 is 34.1 Å². The predicted molar refractivity (Wildman–Crippen MR) is 117 cm³/mol. The Morgan fingerprint density at radius 3 is 2.78 bits per heavy atom. The van der Waals surface area contributed by atoms with E-state index in [1.807, 2.05) is 6.08 Å². The molecule has 0 spiro atoms. The van der Waals surface area contributed by atoms with Crippen LogP contribution < -0.4 is 0 Å². The number of phenols is 2. The van der Waals surface area contributed by atoms with Crippen molar-refractivity contribution >= 4 is 29.2 Å². The van der Waals surface area contributed by atoms with Gasteiger partial charge in [-0.3, -0.25) is 4.79 Å². The van der Waals surface area contributed by atoms with Gasteiger partial charge >= 0.3 is 5.97 Å². The summed E-state index contributed by atoms with van der Waals surface area (Å²) >= 11 is 6.27. The van der Waals surface area contributed by atoms with E-state index in [9.17, 15) is 19.8 Å². The van der Waals surface area contributed by atoms with Crippen molar-refractivity contribution in [2.75, 3.05) is 20.7 Å². The van der Waals surface area contributed by atoms with Gasteiger partial charge in [0.25, 0.3) is 5.91 Å². The van der Waals surface area contributed by atoms with Gasteiger partial charge < -0.3 is 29.4 Å². The number of allylic oxidation sites excluding steroid dienone is 3. The molecule has 32 heavy (non-hydrogen) atoms. The molecule has 10 heteroatoms. The lowest BCUT2D eigenvalue weighted by molar-refractivity contribution is -0.133. The standard InChI is InChI=1S/C22H25ClN2O7/c1-12-8-18-17(32-18)7-5-4-6-13(24-30-11-19(28)25(2)3)9-14-20(22(29)31-12)15(26)10-16(27)21(14)23/h4-7,10,12,17-18,26-27H,8-9,11H2,1-3H3/b6-4+,7-5+,24-13+/t12-,17-,18+/m1/s1.